The van der Waals surface area contributed by atoms with E-state index in [2.05, 4.69) is 0 Å². The van der Waals surface area contributed by atoms with Crippen molar-refractivity contribution < 1.29 is 19.3 Å². The molecule has 1 unspecified atom stereocenters. The number of hydrogen-bond acceptors (Lipinski definition) is 4. The summed E-state index contributed by atoms with van der Waals surface area (Å²) in [7, 11) is 0. The minimum absolute atomic E-state index is 0.338. The van der Waals surface area contributed by atoms with Crippen LogP contribution in [0.5, 0.6) is 0 Å². The second kappa shape index (κ2) is 7.01. The molecule has 1 atom stereocenters. The van der Waals surface area contributed by atoms with Crippen molar-refractivity contribution in [3.8, 4) is 0 Å². The zero-order chi connectivity index (χ0) is 13.6. The van der Waals surface area contributed by atoms with Crippen LogP contribution in [-0.4, -0.2) is 36.8 Å². The van der Waals surface area contributed by atoms with E-state index in [9.17, 15) is 5.11 Å². The number of aliphatic hydroxyl groups is 1. The van der Waals surface area contributed by atoms with Gasteiger partial charge in [0.05, 0.1) is 32.5 Å². The van der Waals surface area contributed by atoms with Gasteiger partial charge in [-0.1, -0.05) is 30.3 Å². The predicted molar refractivity (Wildman–Crippen MR) is 71.6 cm³/mol. The predicted octanol–water partition coefficient (Wildman–Crippen LogP) is 2.11. The van der Waals surface area contributed by atoms with Crippen LogP contribution in [0.1, 0.15) is 25.3 Å². The number of rotatable bonds is 7. The Labute approximate surface area is 114 Å². The fraction of sp³-hybridized carbons (Fsp3) is 0.600. The third-order valence-electron chi connectivity index (χ3n) is 3.25. The highest BCUT2D eigenvalue weighted by molar-refractivity contribution is 5.13. The molecule has 1 aromatic carbocycles. The van der Waals surface area contributed by atoms with Crippen molar-refractivity contribution in [1.29, 1.82) is 0 Å². The van der Waals surface area contributed by atoms with Crippen LogP contribution < -0.4 is 0 Å². The van der Waals surface area contributed by atoms with Crippen molar-refractivity contribution in [2.24, 2.45) is 0 Å². The molecule has 1 N–H and O–H groups in total. The topological polar surface area (TPSA) is 47.9 Å². The quantitative estimate of drug-likeness (QED) is 0.821. The van der Waals surface area contributed by atoms with Crippen LogP contribution in [0.2, 0.25) is 0 Å². The van der Waals surface area contributed by atoms with Crippen molar-refractivity contribution in [3.05, 3.63) is 35.9 Å². The third kappa shape index (κ3) is 4.91. The lowest BCUT2D eigenvalue weighted by molar-refractivity contribution is -0.152. The Balaban J connectivity index is 1.61. The van der Waals surface area contributed by atoms with Gasteiger partial charge in [-0.3, -0.25) is 0 Å². The number of aliphatic hydroxyl groups excluding tert-OH is 1. The lowest BCUT2D eigenvalue weighted by atomic mass is 10.1. The third-order valence-corrected chi connectivity index (χ3v) is 3.25. The molecule has 19 heavy (non-hydrogen) atoms. The number of benzene rings is 1. The summed E-state index contributed by atoms with van der Waals surface area (Å²) in [4.78, 5) is 0. The van der Waals surface area contributed by atoms with Gasteiger partial charge in [0.25, 0.3) is 0 Å². The molecule has 1 fully saturated rings. The van der Waals surface area contributed by atoms with Crippen LogP contribution >= 0.6 is 0 Å². The number of hydrogen-bond donors (Lipinski definition) is 1. The minimum atomic E-state index is -0.527. The molecule has 0 saturated carbocycles. The highest BCUT2D eigenvalue weighted by atomic mass is 16.7. The van der Waals surface area contributed by atoms with Gasteiger partial charge in [-0.05, 0) is 18.9 Å². The molecular formula is C15H22O4. The Bertz CT molecular complexity index is 360. The van der Waals surface area contributed by atoms with Crippen LogP contribution in [0.3, 0.4) is 0 Å². The Morgan fingerprint density at radius 3 is 2.63 bits per heavy atom. The smallest absolute Gasteiger partial charge is 0.165 e. The summed E-state index contributed by atoms with van der Waals surface area (Å²) >= 11 is 0. The van der Waals surface area contributed by atoms with Crippen LogP contribution in [0.4, 0.5) is 0 Å². The first-order valence-corrected chi connectivity index (χ1v) is 6.76. The molecular weight excluding hydrogens is 244 g/mol. The summed E-state index contributed by atoms with van der Waals surface area (Å²) in [5.74, 6) is -0.527. The first kappa shape index (κ1) is 14.5. The van der Waals surface area contributed by atoms with Gasteiger partial charge in [-0.25, -0.2) is 0 Å². The standard InChI is InChI=1S/C15H22O4/c1-15(18-9-10-19-15)8-7-14(16)12-17-11-13-5-3-2-4-6-13/h2-6,14,16H,7-12H2,1H3. The van der Waals surface area contributed by atoms with E-state index in [1.807, 2.05) is 37.3 Å². The van der Waals surface area contributed by atoms with E-state index >= 15 is 0 Å². The zero-order valence-corrected chi connectivity index (χ0v) is 11.4. The van der Waals surface area contributed by atoms with E-state index < -0.39 is 11.9 Å². The first-order valence-electron chi connectivity index (χ1n) is 6.76. The SMILES string of the molecule is CC1(CCC(O)COCc2ccccc2)OCCO1. The molecule has 0 spiro atoms. The Kier molecular flexibility index (Phi) is 5.34. The molecule has 4 nitrogen and oxygen atoms in total. The van der Waals surface area contributed by atoms with E-state index in [4.69, 9.17) is 14.2 Å². The molecule has 0 aliphatic carbocycles. The molecule has 1 aliphatic heterocycles. The van der Waals surface area contributed by atoms with Crippen LogP contribution in [0.15, 0.2) is 30.3 Å². The molecule has 0 amide bonds. The van der Waals surface area contributed by atoms with Gasteiger partial charge in [0, 0.05) is 6.42 Å². The van der Waals surface area contributed by atoms with Crippen LogP contribution in [0, 0.1) is 0 Å². The van der Waals surface area contributed by atoms with Gasteiger partial charge < -0.3 is 19.3 Å². The van der Waals surface area contributed by atoms with Gasteiger partial charge in [0.2, 0.25) is 0 Å². The summed E-state index contributed by atoms with van der Waals surface area (Å²) in [5.41, 5.74) is 1.11. The average molecular weight is 266 g/mol. The Morgan fingerprint density at radius 2 is 1.95 bits per heavy atom. The summed E-state index contributed by atoms with van der Waals surface area (Å²) in [6.07, 6.45) is 0.821. The Hall–Kier alpha value is -0.940. The summed E-state index contributed by atoms with van der Waals surface area (Å²) < 4.78 is 16.5. The fourth-order valence-electron chi connectivity index (χ4n) is 2.10. The fourth-order valence-corrected chi connectivity index (χ4v) is 2.10. The van der Waals surface area contributed by atoms with E-state index in [1.54, 1.807) is 0 Å². The lowest BCUT2D eigenvalue weighted by Crippen LogP contribution is -2.28. The summed E-state index contributed by atoms with van der Waals surface area (Å²) in [6, 6.07) is 9.94. The van der Waals surface area contributed by atoms with Gasteiger partial charge >= 0.3 is 0 Å². The van der Waals surface area contributed by atoms with E-state index in [-0.39, 0.29) is 0 Å². The zero-order valence-electron chi connectivity index (χ0n) is 11.4. The van der Waals surface area contributed by atoms with Gasteiger partial charge in [-0.15, -0.1) is 0 Å². The summed E-state index contributed by atoms with van der Waals surface area (Å²) in [6.45, 7) is 4.05. The molecule has 1 heterocycles. The lowest BCUT2D eigenvalue weighted by Gasteiger charge is -2.23. The van der Waals surface area contributed by atoms with E-state index in [0.717, 1.165) is 5.56 Å². The van der Waals surface area contributed by atoms with Gasteiger partial charge in [0.15, 0.2) is 5.79 Å². The Morgan fingerprint density at radius 1 is 1.26 bits per heavy atom. The first-order chi connectivity index (χ1) is 9.18. The van der Waals surface area contributed by atoms with Crippen molar-refractivity contribution in [2.45, 2.75) is 38.3 Å². The van der Waals surface area contributed by atoms with Gasteiger partial charge in [-0.2, -0.15) is 0 Å². The molecule has 0 bridgehead atoms. The van der Waals surface area contributed by atoms with Crippen LogP contribution in [0.25, 0.3) is 0 Å². The van der Waals surface area contributed by atoms with Crippen molar-refractivity contribution in [1.82, 2.24) is 0 Å². The molecule has 0 aromatic heterocycles. The highest BCUT2D eigenvalue weighted by Crippen LogP contribution is 2.24. The van der Waals surface area contributed by atoms with Crippen LogP contribution in [-0.2, 0) is 20.8 Å². The van der Waals surface area contributed by atoms with Crippen molar-refractivity contribution in [2.75, 3.05) is 19.8 Å². The highest BCUT2D eigenvalue weighted by Gasteiger charge is 2.31. The summed E-state index contributed by atoms with van der Waals surface area (Å²) in [5, 5.41) is 9.87. The molecule has 0 radical (unpaired) electrons. The molecule has 4 heteroatoms. The molecule has 1 aliphatic rings. The number of ether oxygens (including phenoxy) is 3. The molecule has 1 aromatic rings. The maximum absolute atomic E-state index is 9.87. The molecule has 1 saturated heterocycles. The normalized spacial score (nSPS) is 19.5. The minimum Gasteiger partial charge on any atom is -0.391 e. The maximum Gasteiger partial charge on any atom is 0.165 e. The van der Waals surface area contributed by atoms with E-state index in [0.29, 0.717) is 39.3 Å². The van der Waals surface area contributed by atoms with Crippen molar-refractivity contribution in [3.63, 3.8) is 0 Å². The second-order valence-electron chi connectivity index (χ2n) is 5.02. The van der Waals surface area contributed by atoms with E-state index in [1.165, 1.54) is 0 Å². The monoisotopic (exact) mass is 266 g/mol. The van der Waals surface area contributed by atoms with Crippen molar-refractivity contribution >= 4 is 0 Å². The van der Waals surface area contributed by atoms with Gasteiger partial charge in [0.1, 0.15) is 0 Å². The maximum atomic E-state index is 9.87. The second-order valence-corrected chi connectivity index (χ2v) is 5.02. The molecule has 106 valence electrons. The molecule has 2 rings (SSSR count). The average Bonchev–Trinajstić information content (AvgIpc) is 2.85. The largest absolute Gasteiger partial charge is 0.391 e.